The van der Waals surface area contributed by atoms with Crippen LogP contribution in [0.5, 0.6) is 11.5 Å². The number of likely N-dealkylation sites (tertiary alicyclic amines) is 1. The lowest BCUT2D eigenvalue weighted by Gasteiger charge is -2.33. The zero-order chi connectivity index (χ0) is 23.1. The molecule has 2 heterocycles. The Morgan fingerprint density at radius 3 is 2.53 bits per heavy atom. The van der Waals surface area contributed by atoms with Crippen LogP contribution in [0.15, 0.2) is 48.5 Å². The second-order valence-corrected chi connectivity index (χ2v) is 10.2. The molecule has 7 nitrogen and oxygen atoms in total. The first-order valence-corrected chi connectivity index (χ1v) is 12.5. The summed E-state index contributed by atoms with van der Waals surface area (Å²) >= 11 is 0. The molecule has 6 rings (SSSR count). The smallest absolute Gasteiger partial charge is 0.257 e. The number of aliphatic hydroxyl groups is 1. The molecule has 2 aliphatic carbocycles. The van der Waals surface area contributed by atoms with Crippen LogP contribution < -0.4 is 20.1 Å². The van der Waals surface area contributed by atoms with Crippen molar-refractivity contribution in [3.63, 3.8) is 0 Å². The van der Waals surface area contributed by atoms with E-state index in [4.69, 9.17) is 9.47 Å². The number of carbonyl (C=O) groups is 1. The summed E-state index contributed by atoms with van der Waals surface area (Å²) in [7, 11) is 0. The predicted molar refractivity (Wildman–Crippen MR) is 127 cm³/mol. The van der Waals surface area contributed by atoms with Crippen molar-refractivity contribution in [2.75, 3.05) is 26.6 Å². The summed E-state index contributed by atoms with van der Waals surface area (Å²) in [5.74, 6) is 2.59. The van der Waals surface area contributed by atoms with Crippen molar-refractivity contribution in [3.05, 3.63) is 59.7 Å². The molecule has 34 heavy (non-hydrogen) atoms. The Morgan fingerprint density at radius 2 is 1.76 bits per heavy atom. The van der Waals surface area contributed by atoms with E-state index >= 15 is 0 Å². The number of rotatable bonds is 8. The molecular formula is C27H33N3O4. The minimum absolute atomic E-state index is 0.0278. The zero-order valence-electron chi connectivity index (χ0n) is 19.4. The van der Waals surface area contributed by atoms with Crippen molar-refractivity contribution in [3.8, 4) is 11.5 Å². The van der Waals surface area contributed by atoms with E-state index in [0.29, 0.717) is 36.9 Å². The number of benzene rings is 2. The van der Waals surface area contributed by atoms with E-state index < -0.39 is 5.60 Å². The summed E-state index contributed by atoms with van der Waals surface area (Å²) in [4.78, 5) is 15.7. The van der Waals surface area contributed by atoms with Gasteiger partial charge in [0.1, 0.15) is 0 Å². The molecule has 3 fully saturated rings. The highest BCUT2D eigenvalue weighted by molar-refractivity contribution is 5.86. The maximum Gasteiger partial charge on any atom is 0.257 e. The third kappa shape index (κ3) is 3.96. The molecule has 4 aliphatic rings. The molecule has 1 amide bonds. The first kappa shape index (κ1) is 21.9. The first-order valence-electron chi connectivity index (χ1n) is 12.5. The molecular weight excluding hydrogens is 430 g/mol. The van der Waals surface area contributed by atoms with Gasteiger partial charge < -0.3 is 19.9 Å². The molecule has 0 bridgehead atoms. The van der Waals surface area contributed by atoms with E-state index in [-0.39, 0.29) is 11.8 Å². The molecule has 1 saturated heterocycles. The van der Waals surface area contributed by atoms with Gasteiger partial charge in [-0.3, -0.25) is 15.0 Å². The largest absolute Gasteiger partial charge is 0.454 e. The molecule has 0 radical (unpaired) electrons. The summed E-state index contributed by atoms with van der Waals surface area (Å²) < 4.78 is 10.9. The van der Waals surface area contributed by atoms with Gasteiger partial charge in [0.05, 0.1) is 6.67 Å². The summed E-state index contributed by atoms with van der Waals surface area (Å²) in [5.41, 5.74) is 0.483. The standard InChI is InChI=1S/C27H33N3O4/c31-26(27(32,20-8-4-5-9-20)19-6-2-1-3-7-19)29-16-28-25-21-14-30(15-22(21)25)13-18-10-11-23-24(12-18)34-17-33-23/h1-3,6-7,10-12,20-22,25,28,32H,4-5,8-9,13-17H2,(H,29,31)/t21-,22+,25?,27?. The monoisotopic (exact) mass is 463 g/mol. The molecule has 3 N–H and O–H groups in total. The van der Waals surface area contributed by atoms with Gasteiger partial charge in [-0.25, -0.2) is 0 Å². The molecule has 180 valence electrons. The molecule has 0 aromatic heterocycles. The Bertz CT molecular complexity index is 1030. The Kier molecular flexibility index (Phi) is 5.71. The Labute approximate surface area is 200 Å². The van der Waals surface area contributed by atoms with Gasteiger partial charge in [-0.05, 0) is 47.9 Å². The third-order valence-electron chi connectivity index (χ3n) is 8.21. The quantitative estimate of drug-likeness (QED) is 0.522. The lowest BCUT2D eigenvalue weighted by molar-refractivity contribution is -0.147. The van der Waals surface area contributed by atoms with Gasteiger partial charge in [0, 0.05) is 31.6 Å². The summed E-state index contributed by atoms with van der Waals surface area (Å²) in [6, 6.07) is 16.0. The van der Waals surface area contributed by atoms with E-state index in [1.165, 1.54) is 5.56 Å². The molecule has 2 saturated carbocycles. The number of nitrogens with one attached hydrogen (secondary N) is 2. The maximum atomic E-state index is 13.2. The minimum atomic E-state index is -1.46. The Balaban J connectivity index is 0.994. The predicted octanol–water partition coefficient (Wildman–Crippen LogP) is 2.59. The van der Waals surface area contributed by atoms with Crippen LogP contribution in [0, 0.1) is 17.8 Å². The fourth-order valence-electron chi connectivity index (χ4n) is 6.32. The molecule has 2 aromatic rings. The minimum Gasteiger partial charge on any atom is -0.454 e. The van der Waals surface area contributed by atoms with Crippen molar-refractivity contribution >= 4 is 5.91 Å². The summed E-state index contributed by atoms with van der Waals surface area (Å²) in [6.07, 6.45) is 3.91. The lowest BCUT2D eigenvalue weighted by Crippen LogP contribution is -2.51. The van der Waals surface area contributed by atoms with Crippen molar-refractivity contribution < 1.29 is 19.4 Å². The van der Waals surface area contributed by atoms with Gasteiger partial charge in [-0.1, -0.05) is 49.2 Å². The van der Waals surface area contributed by atoms with Crippen LogP contribution >= 0.6 is 0 Å². The number of hydrogen-bond donors (Lipinski definition) is 3. The highest BCUT2D eigenvalue weighted by Crippen LogP contribution is 2.46. The summed E-state index contributed by atoms with van der Waals surface area (Å²) in [6.45, 7) is 3.72. The normalized spacial score (nSPS) is 27.4. The average molecular weight is 464 g/mol. The van der Waals surface area contributed by atoms with Gasteiger partial charge >= 0.3 is 0 Å². The second kappa shape index (κ2) is 8.87. The second-order valence-electron chi connectivity index (χ2n) is 10.2. The number of fused-ring (bicyclic) bond motifs is 2. The van der Waals surface area contributed by atoms with E-state index in [0.717, 1.165) is 56.8 Å². The number of carbonyl (C=O) groups excluding carboxylic acids is 1. The first-order chi connectivity index (χ1) is 16.6. The number of nitrogens with zero attached hydrogens (tertiary/aromatic N) is 1. The van der Waals surface area contributed by atoms with Crippen LogP contribution in [0.4, 0.5) is 0 Å². The third-order valence-corrected chi connectivity index (χ3v) is 8.21. The van der Waals surface area contributed by atoms with Gasteiger partial charge in [0.15, 0.2) is 17.1 Å². The molecule has 0 spiro atoms. The topological polar surface area (TPSA) is 83.1 Å². The van der Waals surface area contributed by atoms with Gasteiger partial charge in [0.2, 0.25) is 6.79 Å². The molecule has 2 aliphatic heterocycles. The average Bonchev–Trinajstić information content (AvgIpc) is 3.40. The van der Waals surface area contributed by atoms with Crippen LogP contribution in [0.3, 0.4) is 0 Å². The molecule has 2 unspecified atom stereocenters. The SMILES string of the molecule is O=C(NCNC1[C@H]2CN(Cc3ccc4c(c3)OCO4)C[C@@H]12)C(O)(c1ccccc1)C1CCCC1. The highest BCUT2D eigenvalue weighted by atomic mass is 16.7. The maximum absolute atomic E-state index is 13.2. The molecule has 4 atom stereocenters. The Morgan fingerprint density at radius 1 is 1.03 bits per heavy atom. The van der Waals surface area contributed by atoms with Crippen molar-refractivity contribution in [2.45, 2.75) is 43.9 Å². The highest BCUT2D eigenvalue weighted by Gasteiger charge is 2.55. The van der Waals surface area contributed by atoms with Crippen LogP contribution in [-0.4, -0.2) is 48.5 Å². The van der Waals surface area contributed by atoms with Crippen LogP contribution in [0.1, 0.15) is 36.8 Å². The van der Waals surface area contributed by atoms with Crippen molar-refractivity contribution in [1.29, 1.82) is 0 Å². The van der Waals surface area contributed by atoms with Crippen molar-refractivity contribution in [1.82, 2.24) is 15.5 Å². The lowest BCUT2D eigenvalue weighted by atomic mass is 9.79. The van der Waals surface area contributed by atoms with Crippen LogP contribution in [0.2, 0.25) is 0 Å². The fraction of sp³-hybridized carbons (Fsp3) is 0.519. The van der Waals surface area contributed by atoms with Crippen LogP contribution in [0.25, 0.3) is 0 Å². The molecule has 7 heteroatoms. The zero-order valence-corrected chi connectivity index (χ0v) is 19.4. The number of amides is 1. The van der Waals surface area contributed by atoms with Crippen LogP contribution in [-0.2, 0) is 16.9 Å². The van der Waals surface area contributed by atoms with Gasteiger partial charge in [-0.2, -0.15) is 0 Å². The van der Waals surface area contributed by atoms with E-state index in [1.807, 2.05) is 36.4 Å². The number of hydrogen-bond acceptors (Lipinski definition) is 6. The fourth-order valence-corrected chi connectivity index (χ4v) is 6.32. The van der Waals surface area contributed by atoms with E-state index in [9.17, 15) is 9.90 Å². The van der Waals surface area contributed by atoms with E-state index in [2.05, 4.69) is 27.7 Å². The molecule has 2 aromatic carbocycles. The van der Waals surface area contributed by atoms with Gasteiger partial charge in [0.25, 0.3) is 5.91 Å². The number of piperidine rings is 1. The summed E-state index contributed by atoms with van der Waals surface area (Å²) in [5, 5.41) is 18.1. The Hall–Kier alpha value is -2.61. The number of ether oxygens (including phenoxy) is 2. The van der Waals surface area contributed by atoms with E-state index in [1.54, 1.807) is 0 Å². The van der Waals surface area contributed by atoms with Gasteiger partial charge in [-0.15, -0.1) is 0 Å². The van der Waals surface area contributed by atoms with Crippen molar-refractivity contribution in [2.24, 2.45) is 17.8 Å².